The van der Waals surface area contributed by atoms with Crippen molar-refractivity contribution in [1.29, 1.82) is 0 Å². The van der Waals surface area contributed by atoms with E-state index in [1.807, 2.05) is 0 Å². The molecule has 0 spiro atoms. The van der Waals surface area contributed by atoms with Crippen LogP contribution < -0.4 is 5.32 Å². The van der Waals surface area contributed by atoms with Crippen LogP contribution in [0.15, 0.2) is 0 Å². The molecule has 0 radical (unpaired) electrons. The van der Waals surface area contributed by atoms with Gasteiger partial charge in [-0.2, -0.15) is 0 Å². The fourth-order valence-corrected chi connectivity index (χ4v) is 0.249. The van der Waals surface area contributed by atoms with E-state index in [2.05, 4.69) is 22.3 Å². The van der Waals surface area contributed by atoms with Gasteiger partial charge in [-0.1, -0.05) is 0 Å². The van der Waals surface area contributed by atoms with Crippen molar-refractivity contribution in [1.82, 2.24) is 5.32 Å². The lowest BCUT2D eigenvalue weighted by Crippen LogP contribution is -2.39. The van der Waals surface area contributed by atoms with E-state index in [-0.39, 0.29) is 0 Å². The van der Waals surface area contributed by atoms with E-state index >= 15 is 0 Å². The van der Waals surface area contributed by atoms with Crippen LogP contribution in [0.2, 0.25) is 0 Å². The van der Waals surface area contributed by atoms with Gasteiger partial charge in [0.2, 0.25) is 0 Å². The van der Waals surface area contributed by atoms with Gasteiger partial charge in [-0.25, -0.2) is 0 Å². The van der Waals surface area contributed by atoms with Crippen molar-refractivity contribution in [2.75, 3.05) is 6.73 Å². The minimum absolute atomic E-state index is 0.519. The first kappa shape index (κ1) is 2.90. The molecule has 3 heteroatoms. The normalized spacial score (nSPS) is 18.8. The Balaban J connectivity index is 2.32. The minimum atomic E-state index is 0.519. The van der Waals surface area contributed by atoms with Crippen LogP contribution in [0.25, 0.3) is 0 Å². The van der Waals surface area contributed by atoms with Gasteiger partial charge >= 0.3 is 0 Å². The second-order valence-electron chi connectivity index (χ2n) is 0.753. The molecule has 5 heavy (non-hydrogen) atoms. The molecule has 0 atom stereocenters. The molecule has 0 aromatic rings. The molecule has 1 saturated heterocycles. The van der Waals surface area contributed by atoms with Gasteiger partial charge in [0.25, 0.3) is 5.17 Å². The summed E-state index contributed by atoms with van der Waals surface area (Å²) in [7, 11) is 0. The van der Waals surface area contributed by atoms with Crippen LogP contribution in [0, 0.1) is 0 Å². The van der Waals surface area contributed by atoms with Crippen molar-refractivity contribution in [2.45, 2.75) is 0 Å². The van der Waals surface area contributed by atoms with Gasteiger partial charge in [-0.15, -0.1) is 0 Å². The quantitative estimate of drug-likeness (QED) is 0.417. The number of rotatable bonds is 0. The van der Waals surface area contributed by atoms with Gasteiger partial charge in [0.15, 0.2) is 6.73 Å². The molecule has 0 unspecified atom stereocenters. The largest absolute Gasteiger partial charge is 0.450 e. The second-order valence-corrected chi connectivity index (χ2v) is 1.12. The van der Waals surface area contributed by atoms with Crippen LogP contribution in [0.3, 0.4) is 0 Å². The van der Waals surface area contributed by atoms with Gasteiger partial charge in [-0.05, 0) is 12.2 Å². The van der Waals surface area contributed by atoms with E-state index < -0.39 is 0 Å². The molecule has 28 valence electrons. The van der Waals surface area contributed by atoms with Gasteiger partial charge in [0.05, 0.1) is 0 Å². The Morgan fingerprint density at radius 3 is 2.40 bits per heavy atom. The Morgan fingerprint density at radius 2 is 2.40 bits per heavy atom. The monoisotopic (exact) mass is 89.0 g/mol. The topological polar surface area (TPSA) is 21.3 Å². The highest BCUT2D eigenvalue weighted by Crippen LogP contribution is 1.83. The smallest absolute Gasteiger partial charge is 0.261 e. The van der Waals surface area contributed by atoms with Gasteiger partial charge in [0, 0.05) is 0 Å². The van der Waals surface area contributed by atoms with Crippen molar-refractivity contribution >= 4 is 17.4 Å². The summed E-state index contributed by atoms with van der Waals surface area (Å²) in [5, 5.41) is 3.24. The predicted molar refractivity (Wildman–Crippen MR) is 21.7 cm³/mol. The number of nitrogens with one attached hydrogen (secondary N) is 1. The highest BCUT2D eigenvalue weighted by Gasteiger charge is 2.02. The molecule has 1 aliphatic heterocycles. The zero-order valence-corrected chi connectivity index (χ0v) is 3.34. The van der Waals surface area contributed by atoms with Crippen molar-refractivity contribution in [3.05, 3.63) is 0 Å². The Hall–Kier alpha value is -0.310. The average Bonchev–Trinajstić information content (AvgIpc) is 1.30. The zero-order valence-electron chi connectivity index (χ0n) is 2.52. The summed E-state index contributed by atoms with van der Waals surface area (Å²) >= 11 is 4.45. The standard InChI is InChI=1S/C2H3NOS/c5-2-3-1-4-2/h1H2,(H,3,5). The Labute approximate surface area is 35.1 Å². The number of ether oxygens (including phenoxy) is 1. The van der Waals surface area contributed by atoms with E-state index in [1.165, 1.54) is 0 Å². The van der Waals surface area contributed by atoms with E-state index in [1.54, 1.807) is 0 Å². The van der Waals surface area contributed by atoms with E-state index in [4.69, 9.17) is 0 Å². The van der Waals surface area contributed by atoms with Crippen molar-refractivity contribution in [2.24, 2.45) is 0 Å². The van der Waals surface area contributed by atoms with Crippen molar-refractivity contribution in [3.8, 4) is 0 Å². The number of hydrogen-bond acceptors (Lipinski definition) is 2. The lowest BCUT2D eigenvalue weighted by Gasteiger charge is -2.16. The summed E-state index contributed by atoms with van der Waals surface area (Å²) in [5.41, 5.74) is 0. The molecule has 1 heterocycles. The average molecular weight is 89.1 g/mol. The number of hydrogen-bond donors (Lipinski definition) is 1. The van der Waals surface area contributed by atoms with Crippen LogP contribution in [-0.4, -0.2) is 11.9 Å². The maximum Gasteiger partial charge on any atom is 0.261 e. The minimum Gasteiger partial charge on any atom is -0.450 e. The third-order valence-corrected chi connectivity index (χ3v) is 0.682. The summed E-state index contributed by atoms with van der Waals surface area (Å²) in [6.45, 7) is 0.596. The summed E-state index contributed by atoms with van der Waals surface area (Å²) in [6.07, 6.45) is 0. The van der Waals surface area contributed by atoms with E-state index in [9.17, 15) is 0 Å². The Bertz CT molecular complexity index is 56.7. The third-order valence-electron chi connectivity index (χ3n) is 0.420. The molecule has 1 fully saturated rings. The highest BCUT2D eigenvalue weighted by molar-refractivity contribution is 7.80. The highest BCUT2D eigenvalue weighted by atomic mass is 32.1. The third kappa shape index (κ3) is 0.326. The van der Waals surface area contributed by atoms with Gasteiger partial charge in [0.1, 0.15) is 0 Å². The molecule has 0 aromatic heterocycles. The van der Waals surface area contributed by atoms with Crippen LogP contribution in [0.4, 0.5) is 0 Å². The molecule has 0 saturated carbocycles. The van der Waals surface area contributed by atoms with E-state index in [0.29, 0.717) is 11.9 Å². The second kappa shape index (κ2) is 0.825. The Morgan fingerprint density at radius 1 is 2.00 bits per heavy atom. The molecule has 0 amide bonds. The lowest BCUT2D eigenvalue weighted by atomic mass is 10.9. The fraction of sp³-hybridized carbons (Fsp3) is 0.500. The van der Waals surface area contributed by atoms with Gasteiger partial charge in [-0.3, -0.25) is 0 Å². The SMILES string of the molecule is S=C1NCO1. The van der Waals surface area contributed by atoms with E-state index in [0.717, 1.165) is 0 Å². The molecule has 0 aromatic carbocycles. The molecule has 1 rings (SSSR count). The molecular weight excluding hydrogens is 86.1 g/mol. The summed E-state index contributed by atoms with van der Waals surface area (Å²) in [5.74, 6) is 0. The molecular formula is C2H3NOS. The molecule has 2 nitrogen and oxygen atoms in total. The summed E-state index contributed by atoms with van der Waals surface area (Å²) in [6, 6.07) is 0. The van der Waals surface area contributed by atoms with Crippen molar-refractivity contribution in [3.63, 3.8) is 0 Å². The first-order valence-corrected chi connectivity index (χ1v) is 1.71. The maximum atomic E-state index is 4.55. The lowest BCUT2D eigenvalue weighted by molar-refractivity contribution is 0.211. The summed E-state index contributed by atoms with van der Waals surface area (Å²) < 4.78 is 4.55. The first-order valence-electron chi connectivity index (χ1n) is 1.30. The molecule has 1 aliphatic rings. The predicted octanol–water partition coefficient (Wildman–Crippen LogP) is -0.151. The van der Waals surface area contributed by atoms with Crippen LogP contribution in [0.1, 0.15) is 0 Å². The zero-order chi connectivity index (χ0) is 3.70. The van der Waals surface area contributed by atoms with Crippen LogP contribution in [-0.2, 0) is 4.74 Å². The Kier molecular flexibility index (Phi) is 0.479. The maximum absolute atomic E-state index is 4.55. The van der Waals surface area contributed by atoms with Crippen molar-refractivity contribution < 1.29 is 4.74 Å². The van der Waals surface area contributed by atoms with Gasteiger partial charge < -0.3 is 10.1 Å². The molecule has 0 aliphatic carbocycles. The molecule has 1 N–H and O–H groups in total. The van der Waals surface area contributed by atoms with Crippen LogP contribution >= 0.6 is 12.2 Å². The first-order chi connectivity index (χ1) is 2.39. The molecule has 0 bridgehead atoms. The fourth-order valence-electron chi connectivity index (χ4n) is 0.131. The summed E-state index contributed by atoms with van der Waals surface area (Å²) in [4.78, 5) is 0. The number of thiocarbonyl (C=S) groups is 1. The van der Waals surface area contributed by atoms with Crippen LogP contribution in [0.5, 0.6) is 0 Å².